The van der Waals surface area contributed by atoms with E-state index in [0.717, 1.165) is 9.26 Å². The molecular weight excluding hydrogens is 335 g/mol. The van der Waals surface area contributed by atoms with Gasteiger partial charge >= 0.3 is 0 Å². The van der Waals surface area contributed by atoms with Crippen LogP contribution in [0.15, 0.2) is 35.2 Å². The van der Waals surface area contributed by atoms with Crippen LogP contribution in [0.1, 0.15) is 16.1 Å². The number of carbonyl (C=O) groups is 1. The van der Waals surface area contributed by atoms with Gasteiger partial charge in [-0.05, 0) is 40.8 Å². The highest BCUT2D eigenvalue weighted by atomic mass is 127. The van der Waals surface area contributed by atoms with Crippen molar-refractivity contribution in [3.05, 3.63) is 50.0 Å². The highest BCUT2D eigenvalue weighted by molar-refractivity contribution is 14.1. The predicted octanol–water partition coefficient (Wildman–Crippen LogP) is 2.68. The van der Waals surface area contributed by atoms with Crippen LogP contribution in [-0.2, 0) is 6.54 Å². The van der Waals surface area contributed by atoms with Crippen LogP contribution in [0, 0.1) is 3.57 Å². The molecule has 1 amide bonds. The van der Waals surface area contributed by atoms with Gasteiger partial charge in [0.25, 0.3) is 5.91 Å². The molecule has 2 rings (SSSR count). The standard InChI is InChI=1S/C11H9IN2OS/c12-9-3-1-2-8(4-9)11(15)13-5-10-6-16-7-14-10/h1-4,6-7H,5H2,(H,13,15). The fourth-order valence-electron chi connectivity index (χ4n) is 1.23. The Balaban J connectivity index is 1.98. The van der Waals surface area contributed by atoms with Crippen molar-refractivity contribution in [1.29, 1.82) is 0 Å². The zero-order valence-electron chi connectivity index (χ0n) is 8.31. The second-order valence-corrected chi connectivity index (χ2v) is 5.14. The first kappa shape index (κ1) is 11.5. The zero-order valence-corrected chi connectivity index (χ0v) is 11.3. The van der Waals surface area contributed by atoms with Crippen molar-refractivity contribution >= 4 is 39.8 Å². The molecule has 16 heavy (non-hydrogen) atoms. The normalized spacial score (nSPS) is 10.1. The molecule has 1 aromatic carbocycles. The second kappa shape index (κ2) is 5.40. The number of carbonyl (C=O) groups excluding carboxylic acids is 1. The monoisotopic (exact) mass is 344 g/mol. The number of hydrogen-bond donors (Lipinski definition) is 1. The van der Waals surface area contributed by atoms with Crippen LogP contribution in [0.2, 0.25) is 0 Å². The number of hydrogen-bond acceptors (Lipinski definition) is 3. The summed E-state index contributed by atoms with van der Waals surface area (Å²) in [6, 6.07) is 7.49. The van der Waals surface area contributed by atoms with Crippen molar-refractivity contribution < 1.29 is 4.79 Å². The highest BCUT2D eigenvalue weighted by Crippen LogP contribution is 2.08. The Labute approximate surface area is 111 Å². The van der Waals surface area contributed by atoms with Gasteiger partial charge in [-0.15, -0.1) is 11.3 Å². The van der Waals surface area contributed by atoms with Gasteiger partial charge in [0.1, 0.15) is 0 Å². The SMILES string of the molecule is O=C(NCc1cscn1)c1cccc(I)c1. The highest BCUT2D eigenvalue weighted by Gasteiger charge is 2.05. The Morgan fingerprint density at radius 2 is 2.38 bits per heavy atom. The molecule has 1 aromatic heterocycles. The van der Waals surface area contributed by atoms with E-state index < -0.39 is 0 Å². The van der Waals surface area contributed by atoms with Crippen LogP contribution in [-0.4, -0.2) is 10.9 Å². The molecule has 0 spiro atoms. The molecule has 3 nitrogen and oxygen atoms in total. The van der Waals surface area contributed by atoms with Gasteiger partial charge in [-0.1, -0.05) is 6.07 Å². The number of aromatic nitrogens is 1. The summed E-state index contributed by atoms with van der Waals surface area (Å²) in [5.41, 5.74) is 3.33. The largest absolute Gasteiger partial charge is 0.346 e. The number of nitrogens with one attached hydrogen (secondary N) is 1. The lowest BCUT2D eigenvalue weighted by molar-refractivity contribution is 0.0950. The van der Waals surface area contributed by atoms with Crippen LogP contribution >= 0.6 is 33.9 Å². The number of thiazole rings is 1. The van der Waals surface area contributed by atoms with Crippen LogP contribution < -0.4 is 5.32 Å². The topological polar surface area (TPSA) is 42.0 Å². The van der Waals surface area contributed by atoms with Crippen molar-refractivity contribution in [2.45, 2.75) is 6.54 Å². The van der Waals surface area contributed by atoms with Crippen LogP contribution in [0.5, 0.6) is 0 Å². The molecule has 0 aliphatic carbocycles. The van der Waals surface area contributed by atoms with Gasteiger partial charge < -0.3 is 5.32 Å². The van der Waals surface area contributed by atoms with E-state index in [9.17, 15) is 4.79 Å². The summed E-state index contributed by atoms with van der Waals surface area (Å²) in [6.07, 6.45) is 0. The van der Waals surface area contributed by atoms with Crippen molar-refractivity contribution in [3.63, 3.8) is 0 Å². The van der Waals surface area contributed by atoms with Gasteiger partial charge in [-0.25, -0.2) is 4.98 Å². The first-order valence-corrected chi connectivity index (χ1v) is 6.69. The maximum atomic E-state index is 11.8. The Morgan fingerprint density at radius 3 is 3.06 bits per heavy atom. The number of nitrogens with zero attached hydrogens (tertiary/aromatic N) is 1. The molecule has 0 aliphatic rings. The lowest BCUT2D eigenvalue weighted by Crippen LogP contribution is -2.22. The molecule has 0 saturated heterocycles. The fraction of sp³-hybridized carbons (Fsp3) is 0.0909. The van der Waals surface area contributed by atoms with E-state index in [0.29, 0.717) is 12.1 Å². The van der Waals surface area contributed by atoms with Gasteiger partial charge in [0.15, 0.2) is 0 Å². The molecule has 0 fully saturated rings. The quantitative estimate of drug-likeness (QED) is 0.870. The van der Waals surface area contributed by atoms with Gasteiger partial charge in [-0.3, -0.25) is 4.79 Å². The summed E-state index contributed by atoms with van der Waals surface area (Å²) < 4.78 is 1.05. The number of halogens is 1. The summed E-state index contributed by atoms with van der Waals surface area (Å²) >= 11 is 3.71. The second-order valence-electron chi connectivity index (χ2n) is 3.17. The maximum absolute atomic E-state index is 11.8. The summed E-state index contributed by atoms with van der Waals surface area (Å²) in [5, 5.41) is 4.76. The molecule has 0 unspecified atom stereocenters. The maximum Gasteiger partial charge on any atom is 0.251 e. The molecule has 5 heteroatoms. The molecule has 82 valence electrons. The van der Waals surface area contributed by atoms with Crippen LogP contribution in [0.3, 0.4) is 0 Å². The number of rotatable bonds is 3. The summed E-state index contributed by atoms with van der Waals surface area (Å²) in [7, 11) is 0. The Bertz CT molecular complexity index is 484. The molecular formula is C11H9IN2OS. The average molecular weight is 344 g/mol. The minimum atomic E-state index is -0.0634. The minimum absolute atomic E-state index is 0.0634. The lowest BCUT2D eigenvalue weighted by Gasteiger charge is -2.03. The van der Waals surface area contributed by atoms with Crippen LogP contribution in [0.25, 0.3) is 0 Å². The Morgan fingerprint density at radius 1 is 1.50 bits per heavy atom. The van der Waals surface area contributed by atoms with E-state index in [2.05, 4.69) is 32.9 Å². The third-order valence-corrected chi connectivity index (χ3v) is 3.31. The fourth-order valence-corrected chi connectivity index (χ4v) is 2.33. The molecule has 0 bridgehead atoms. The number of amides is 1. The Hall–Kier alpha value is -0.950. The summed E-state index contributed by atoms with van der Waals surface area (Å²) in [4.78, 5) is 15.9. The summed E-state index contributed by atoms with van der Waals surface area (Å²) in [5.74, 6) is -0.0634. The molecule has 0 aliphatic heterocycles. The summed E-state index contributed by atoms with van der Waals surface area (Å²) in [6.45, 7) is 0.480. The van der Waals surface area contributed by atoms with Gasteiger partial charge in [0.05, 0.1) is 17.7 Å². The molecule has 0 saturated carbocycles. The third kappa shape index (κ3) is 3.02. The van der Waals surface area contributed by atoms with Crippen molar-refractivity contribution in [2.75, 3.05) is 0 Å². The van der Waals surface area contributed by atoms with Gasteiger partial charge in [-0.2, -0.15) is 0 Å². The van der Waals surface area contributed by atoms with Crippen molar-refractivity contribution in [2.24, 2.45) is 0 Å². The average Bonchev–Trinajstić information content (AvgIpc) is 2.78. The van der Waals surface area contributed by atoms with Gasteiger partial charge in [0.2, 0.25) is 0 Å². The first-order chi connectivity index (χ1) is 7.75. The smallest absolute Gasteiger partial charge is 0.251 e. The zero-order chi connectivity index (χ0) is 11.4. The van der Waals surface area contributed by atoms with Crippen molar-refractivity contribution in [3.8, 4) is 0 Å². The third-order valence-electron chi connectivity index (χ3n) is 2.00. The van der Waals surface area contributed by atoms with Crippen molar-refractivity contribution in [1.82, 2.24) is 10.3 Å². The van der Waals surface area contributed by atoms with Gasteiger partial charge in [0, 0.05) is 14.5 Å². The Kier molecular flexibility index (Phi) is 3.89. The van der Waals surface area contributed by atoms with E-state index in [4.69, 9.17) is 0 Å². The molecule has 2 aromatic rings. The number of benzene rings is 1. The van der Waals surface area contributed by atoms with Crippen LogP contribution in [0.4, 0.5) is 0 Å². The lowest BCUT2D eigenvalue weighted by atomic mass is 10.2. The van der Waals surface area contributed by atoms with E-state index in [-0.39, 0.29) is 5.91 Å². The van der Waals surface area contributed by atoms with E-state index in [1.807, 2.05) is 23.6 Å². The van der Waals surface area contributed by atoms with E-state index >= 15 is 0 Å². The molecule has 0 atom stereocenters. The predicted molar refractivity (Wildman–Crippen MR) is 72.4 cm³/mol. The first-order valence-electron chi connectivity index (χ1n) is 4.66. The van der Waals surface area contributed by atoms with E-state index in [1.165, 1.54) is 11.3 Å². The minimum Gasteiger partial charge on any atom is -0.346 e. The molecule has 0 radical (unpaired) electrons. The van der Waals surface area contributed by atoms with E-state index in [1.54, 1.807) is 11.6 Å². The molecule has 1 heterocycles. The molecule has 1 N–H and O–H groups in total.